The number of nitrogens with zero attached hydrogens (tertiary/aromatic N) is 8. The lowest BCUT2D eigenvalue weighted by Crippen LogP contribution is -2.36. The topological polar surface area (TPSA) is 309 Å². The fourth-order valence-corrected chi connectivity index (χ4v) is 9.15. The van der Waals surface area contributed by atoms with Gasteiger partial charge in [0.25, 0.3) is 0 Å². The Hall–Kier alpha value is -4.72. The number of hydrogen-bond acceptors (Lipinski definition) is 23. The molecule has 7 rings (SSSR count). The number of nitrogen functional groups attached to an aromatic ring is 2. The van der Waals surface area contributed by atoms with Crippen LogP contribution < -0.4 is 11.5 Å². The highest BCUT2D eigenvalue weighted by Crippen LogP contribution is 2.59. The molecule has 60 heavy (non-hydrogen) atoms. The number of halogens is 2. The summed E-state index contributed by atoms with van der Waals surface area (Å²) < 4.78 is 124. The summed E-state index contributed by atoms with van der Waals surface area (Å²) in [6.07, 6.45) is -10.6. The minimum Gasteiger partial charge on any atom is -0.432 e. The zero-order valence-corrected chi connectivity index (χ0v) is 33.9. The largest absolute Gasteiger partial charge is 0.510 e. The van der Waals surface area contributed by atoms with Crippen molar-refractivity contribution >= 4 is 61.9 Å². The fraction of sp³-hybridized carbons (Fsp3) is 0.613. The lowest BCUT2D eigenvalue weighted by molar-refractivity contribution is -0.0735. The summed E-state index contributed by atoms with van der Waals surface area (Å²) >= 11 is 0. The number of anilines is 2. The third kappa shape index (κ3) is 9.28. The first kappa shape index (κ1) is 43.4. The van der Waals surface area contributed by atoms with Crippen molar-refractivity contribution in [2.24, 2.45) is 5.92 Å². The van der Waals surface area contributed by atoms with E-state index in [-0.39, 0.29) is 40.4 Å². The van der Waals surface area contributed by atoms with Crippen LogP contribution in [0.1, 0.15) is 46.4 Å². The van der Waals surface area contributed by atoms with Gasteiger partial charge in [0.1, 0.15) is 48.2 Å². The number of aromatic nitrogens is 8. The molecule has 10 atom stereocenters. The Balaban J connectivity index is 1.23. The summed E-state index contributed by atoms with van der Waals surface area (Å²) in [5, 5.41) is 0. The van der Waals surface area contributed by atoms with E-state index in [0.29, 0.717) is 0 Å². The second-order valence-electron chi connectivity index (χ2n) is 13.9. The third-order valence-electron chi connectivity index (χ3n) is 9.15. The van der Waals surface area contributed by atoms with Gasteiger partial charge in [-0.2, -0.15) is 0 Å². The van der Waals surface area contributed by atoms with Crippen molar-refractivity contribution in [2.45, 2.75) is 89.2 Å². The fourth-order valence-electron chi connectivity index (χ4n) is 6.55. The first-order valence-electron chi connectivity index (χ1n) is 18.2. The average molecular weight is 893 g/mol. The number of alkyl halides is 2. The van der Waals surface area contributed by atoms with E-state index in [1.807, 2.05) is 0 Å². The molecular weight excluding hydrogens is 852 g/mol. The van der Waals surface area contributed by atoms with Gasteiger partial charge in [-0.3, -0.25) is 22.7 Å². The maximum absolute atomic E-state index is 16.9. The van der Waals surface area contributed by atoms with Crippen LogP contribution >= 0.6 is 15.6 Å². The van der Waals surface area contributed by atoms with Crippen LogP contribution in [0.2, 0.25) is 0 Å². The minimum absolute atomic E-state index is 0.00931. The van der Waals surface area contributed by atoms with Crippen LogP contribution in [0.3, 0.4) is 0 Å². The summed E-state index contributed by atoms with van der Waals surface area (Å²) in [5.41, 5.74) is 12.3. The summed E-state index contributed by atoms with van der Waals surface area (Å²) in [6.45, 7) is 2.34. The number of nitrogens with two attached hydrogens (primary N) is 2. The maximum atomic E-state index is 16.9. The SMILES string of the molecule is CC(C)OC(=O)OCOP1(=O)OC[C@H]2O[C@@H](n3cnc4c(N)ncnc43)C(F)C2OP(=O)(OCOC(=O)OC(C)C)OC[C@H]2C[C@@H](n3cnc4c(N)ncnc43)C(F)C2O1. The van der Waals surface area contributed by atoms with E-state index in [1.54, 1.807) is 27.7 Å². The molecule has 4 aromatic heterocycles. The molecule has 0 bridgehead atoms. The Morgan fingerprint density at radius 3 is 1.85 bits per heavy atom. The molecule has 3 fully saturated rings. The molecule has 4 aromatic rings. The molecule has 3 aliphatic rings. The number of carbonyl (C=O) groups is 2. The smallest absolute Gasteiger partial charge is 0.432 e. The Morgan fingerprint density at radius 2 is 1.28 bits per heavy atom. The predicted molar refractivity (Wildman–Crippen MR) is 194 cm³/mol. The number of carbonyl (C=O) groups excluding carboxylic acids is 2. The third-order valence-corrected chi connectivity index (χ3v) is 11.9. The van der Waals surface area contributed by atoms with E-state index in [2.05, 4.69) is 29.9 Å². The Kier molecular flexibility index (Phi) is 12.8. The average Bonchev–Trinajstić information content (AvgIpc) is 3.94. The standard InChI is InChI=1S/C31H40F2N10O15P2/c1-14(2)54-30(44)48-12-52-59(46)50-6-16-5-17(42-10-40-21-25(34)36-8-38-27(21)42)19(32)23(16)57-60(47,53-13-49-31(45)55-15(3)4)51-7-18-24(58-59)20(33)29(56-18)43-11-41-22-26(35)37-9-39-28(22)43/h8-11,14-20,23-24,29H,5-7,12-13H2,1-4H3,(H2,34,36,38)(H2,35,37,39)/t16-,17-,18-,19?,20?,23?,24?,29-,59?,60?/m1/s1. The van der Waals surface area contributed by atoms with E-state index in [9.17, 15) is 18.7 Å². The van der Waals surface area contributed by atoms with Crippen molar-refractivity contribution in [1.29, 1.82) is 0 Å². The van der Waals surface area contributed by atoms with Crippen LogP contribution in [0.25, 0.3) is 22.3 Å². The van der Waals surface area contributed by atoms with Crippen LogP contribution in [-0.2, 0) is 60.0 Å². The normalized spacial score (nSPS) is 31.1. The molecule has 0 aromatic carbocycles. The van der Waals surface area contributed by atoms with Crippen molar-refractivity contribution in [1.82, 2.24) is 39.0 Å². The van der Waals surface area contributed by atoms with Crippen molar-refractivity contribution < 1.29 is 78.3 Å². The Labute approximate surface area is 337 Å². The molecule has 1 aliphatic carbocycles. The summed E-state index contributed by atoms with van der Waals surface area (Å²) in [4.78, 5) is 48.6. The van der Waals surface area contributed by atoms with Crippen LogP contribution in [0, 0.1) is 5.92 Å². The predicted octanol–water partition coefficient (Wildman–Crippen LogP) is 4.07. The van der Waals surface area contributed by atoms with Crippen LogP contribution in [0.15, 0.2) is 25.3 Å². The number of rotatable bonds is 10. The minimum atomic E-state index is -5.07. The second kappa shape index (κ2) is 17.7. The highest BCUT2D eigenvalue weighted by atomic mass is 31.2. The van der Waals surface area contributed by atoms with E-state index < -0.39 is 116 Å². The molecule has 6 unspecified atom stereocenters. The van der Waals surface area contributed by atoms with Gasteiger partial charge in [-0.15, -0.1) is 0 Å². The molecule has 0 spiro atoms. The molecule has 0 radical (unpaired) electrons. The van der Waals surface area contributed by atoms with Crippen LogP contribution in [0.5, 0.6) is 0 Å². The first-order chi connectivity index (χ1) is 28.5. The van der Waals surface area contributed by atoms with Gasteiger partial charge in [0.05, 0.1) is 44.1 Å². The molecule has 4 N–H and O–H groups in total. The lowest BCUT2D eigenvalue weighted by atomic mass is 10.1. The molecule has 29 heteroatoms. The van der Waals surface area contributed by atoms with Gasteiger partial charge >= 0.3 is 28.0 Å². The Morgan fingerprint density at radius 1 is 0.767 bits per heavy atom. The second-order valence-corrected chi connectivity index (χ2v) is 17.2. The van der Waals surface area contributed by atoms with E-state index >= 15 is 8.78 Å². The van der Waals surface area contributed by atoms with Gasteiger partial charge in [0, 0.05) is 5.92 Å². The zero-order valence-electron chi connectivity index (χ0n) is 32.1. The number of imidazole rings is 2. The highest BCUT2D eigenvalue weighted by molar-refractivity contribution is 7.48. The van der Waals surface area contributed by atoms with Gasteiger partial charge in [0.15, 0.2) is 35.3 Å². The lowest BCUT2D eigenvalue weighted by Gasteiger charge is -2.30. The number of phosphoric ester groups is 2. The van der Waals surface area contributed by atoms with Gasteiger partial charge < -0.3 is 39.7 Å². The number of hydrogen-bond donors (Lipinski definition) is 2. The van der Waals surface area contributed by atoms with Crippen molar-refractivity contribution in [3.63, 3.8) is 0 Å². The first-order valence-corrected chi connectivity index (χ1v) is 21.1. The molecule has 1 saturated carbocycles. The maximum Gasteiger partial charge on any atom is 0.510 e. The van der Waals surface area contributed by atoms with E-state index in [0.717, 1.165) is 23.5 Å². The zero-order chi connectivity index (χ0) is 42.9. The van der Waals surface area contributed by atoms with Crippen molar-refractivity contribution in [3.8, 4) is 0 Å². The van der Waals surface area contributed by atoms with Gasteiger partial charge in [-0.05, 0) is 34.1 Å². The van der Waals surface area contributed by atoms with Crippen molar-refractivity contribution in [3.05, 3.63) is 25.3 Å². The van der Waals surface area contributed by atoms with Gasteiger partial charge in [-0.25, -0.2) is 66.5 Å². The van der Waals surface area contributed by atoms with Gasteiger partial charge in [-0.1, -0.05) is 0 Å². The molecule has 2 saturated heterocycles. The molecule has 2 aliphatic heterocycles. The summed E-state index contributed by atoms with van der Waals surface area (Å²) in [6, 6.07) is -1.18. The number of ether oxygens (including phenoxy) is 5. The summed E-state index contributed by atoms with van der Waals surface area (Å²) in [7, 11) is -10.1. The molecule has 0 amide bonds. The molecule has 6 heterocycles. The number of phosphoric acid groups is 2. The Bertz CT molecular complexity index is 2130. The van der Waals surface area contributed by atoms with Gasteiger partial charge in [0.2, 0.25) is 13.6 Å². The molecule has 328 valence electrons. The van der Waals surface area contributed by atoms with E-state index in [1.165, 1.54) is 10.9 Å². The number of fused-ring (bicyclic) bond motifs is 4. The molecule has 25 nitrogen and oxygen atoms in total. The molecular formula is C31H40F2N10O15P2. The van der Waals surface area contributed by atoms with Crippen LogP contribution in [-0.4, -0.2) is 121 Å². The quantitative estimate of drug-likeness (QED) is 0.129. The van der Waals surface area contributed by atoms with Crippen LogP contribution in [0.4, 0.5) is 30.0 Å². The summed E-state index contributed by atoms with van der Waals surface area (Å²) in [5.74, 6) is -1.23. The van der Waals surface area contributed by atoms with E-state index in [4.69, 9.17) is 62.3 Å². The van der Waals surface area contributed by atoms with Crippen molar-refractivity contribution in [2.75, 3.05) is 38.3 Å². The monoisotopic (exact) mass is 892 g/mol. The highest BCUT2D eigenvalue weighted by Gasteiger charge is 2.55.